The fourth-order valence-corrected chi connectivity index (χ4v) is 2.81. The highest BCUT2D eigenvalue weighted by atomic mass is 19.1. The van der Waals surface area contributed by atoms with Crippen molar-refractivity contribution in [1.82, 2.24) is 15.0 Å². The van der Waals surface area contributed by atoms with Gasteiger partial charge in [-0.2, -0.15) is 9.37 Å². The summed E-state index contributed by atoms with van der Waals surface area (Å²) in [5.74, 6) is 1.46. The Morgan fingerprint density at radius 2 is 1.77 bits per heavy atom. The highest BCUT2D eigenvalue weighted by molar-refractivity contribution is 5.69. The molecule has 3 aromatic heterocycles. The van der Waals surface area contributed by atoms with Gasteiger partial charge in [-0.1, -0.05) is 6.07 Å². The number of anilines is 2. The molecule has 1 N–H and O–H groups in total. The molecule has 4 aromatic rings. The Balaban J connectivity index is 1.58. The van der Waals surface area contributed by atoms with Gasteiger partial charge in [0.05, 0.1) is 7.11 Å². The second kappa shape index (κ2) is 8.57. The van der Waals surface area contributed by atoms with E-state index in [1.54, 1.807) is 24.4 Å². The Hall–Kier alpha value is -4.00. The third kappa shape index (κ3) is 4.52. The number of hydrogen-bond donors (Lipinski definition) is 1. The third-order valence-corrected chi connectivity index (χ3v) is 4.33. The van der Waals surface area contributed by atoms with Crippen molar-refractivity contribution in [2.45, 2.75) is 6.92 Å². The minimum Gasteiger partial charge on any atom is -0.481 e. The van der Waals surface area contributed by atoms with Crippen LogP contribution in [0.4, 0.5) is 15.9 Å². The van der Waals surface area contributed by atoms with Gasteiger partial charge in [-0.15, -0.1) is 0 Å². The molecule has 0 spiro atoms. The SMILES string of the molecule is COc1ccc(-c2ccnc(F)c2)c(Oc2ccc(Nc3ccc(C)cn3)cc2)n1. The summed E-state index contributed by atoms with van der Waals surface area (Å²) in [5.41, 5.74) is 3.20. The van der Waals surface area contributed by atoms with Crippen LogP contribution in [-0.4, -0.2) is 22.1 Å². The lowest BCUT2D eigenvalue weighted by Crippen LogP contribution is -1.96. The zero-order valence-electron chi connectivity index (χ0n) is 16.5. The van der Waals surface area contributed by atoms with Gasteiger partial charge in [-0.3, -0.25) is 0 Å². The molecule has 0 aliphatic heterocycles. The Morgan fingerprint density at radius 1 is 0.933 bits per heavy atom. The molecule has 7 heteroatoms. The lowest BCUT2D eigenvalue weighted by Gasteiger charge is -2.12. The zero-order chi connectivity index (χ0) is 20.9. The molecular weight excluding hydrogens is 383 g/mol. The van der Waals surface area contributed by atoms with Gasteiger partial charge in [0.1, 0.15) is 11.6 Å². The van der Waals surface area contributed by atoms with Crippen molar-refractivity contribution >= 4 is 11.5 Å². The molecule has 1 aromatic carbocycles. The minimum atomic E-state index is -0.575. The van der Waals surface area contributed by atoms with Crippen LogP contribution in [0.5, 0.6) is 17.5 Å². The molecule has 6 nitrogen and oxygen atoms in total. The smallest absolute Gasteiger partial charge is 0.230 e. The molecule has 0 saturated heterocycles. The molecule has 0 saturated carbocycles. The van der Waals surface area contributed by atoms with Crippen LogP contribution in [0.25, 0.3) is 11.1 Å². The highest BCUT2D eigenvalue weighted by Crippen LogP contribution is 2.34. The number of rotatable bonds is 6. The summed E-state index contributed by atoms with van der Waals surface area (Å²) < 4.78 is 24.8. The summed E-state index contributed by atoms with van der Waals surface area (Å²) in [6, 6.07) is 17.8. The number of methoxy groups -OCH3 is 1. The second-order valence-corrected chi connectivity index (χ2v) is 6.55. The van der Waals surface area contributed by atoms with Crippen LogP contribution in [0.2, 0.25) is 0 Å². The van der Waals surface area contributed by atoms with E-state index in [1.807, 2.05) is 43.3 Å². The third-order valence-electron chi connectivity index (χ3n) is 4.33. The lowest BCUT2D eigenvalue weighted by molar-refractivity contribution is 0.384. The van der Waals surface area contributed by atoms with Gasteiger partial charge in [0.15, 0.2) is 0 Å². The van der Waals surface area contributed by atoms with E-state index in [0.29, 0.717) is 28.6 Å². The number of nitrogens with zero attached hydrogens (tertiary/aromatic N) is 3. The normalized spacial score (nSPS) is 10.5. The maximum absolute atomic E-state index is 13.6. The van der Waals surface area contributed by atoms with E-state index in [9.17, 15) is 4.39 Å². The molecule has 4 rings (SSSR count). The molecule has 0 aliphatic rings. The zero-order valence-corrected chi connectivity index (χ0v) is 16.5. The molecule has 0 bridgehead atoms. The average Bonchev–Trinajstić information content (AvgIpc) is 2.76. The molecule has 0 aliphatic carbocycles. The quantitative estimate of drug-likeness (QED) is 0.428. The number of halogens is 1. The van der Waals surface area contributed by atoms with Crippen molar-refractivity contribution in [3.8, 4) is 28.6 Å². The van der Waals surface area contributed by atoms with Crippen molar-refractivity contribution in [2.24, 2.45) is 0 Å². The van der Waals surface area contributed by atoms with E-state index < -0.39 is 5.95 Å². The first-order valence-electron chi connectivity index (χ1n) is 9.25. The first-order valence-corrected chi connectivity index (χ1v) is 9.25. The summed E-state index contributed by atoms with van der Waals surface area (Å²) >= 11 is 0. The van der Waals surface area contributed by atoms with Crippen LogP contribution >= 0.6 is 0 Å². The number of hydrogen-bond acceptors (Lipinski definition) is 6. The van der Waals surface area contributed by atoms with Gasteiger partial charge in [0.2, 0.25) is 17.7 Å². The average molecular weight is 402 g/mol. The number of pyridine rings is 3. The van der Waals surface area contributed by atoms with Crippen LogP contribution in [0.15, 0.2) is 73.1 Å². The van der Waals surface area contributed by atoms with Crippen LogP contribution in [-0.2, 0) is 0 Å². The number of aryl methyl sites for hydroxylation is 1. The number of benzene rings is 1. The van der Waals surface area contributed by atoms with E-state index in [2.05, 4.69) is 20.3 Å². The van der Waals surface area contributed by atoms with Crippen molar-refractivity contribution in [3.63, 3.8) is 0 Å². The number of aromatic nitrogens is 3. The van der Waals surface area contributed by atoms with Gasteiger partial charge < -0.3 is 14.8 Å². The highest BCUT2D eigenvalue weighted by Gasteiger charge is 2.12. The van der Waals surface area contributed by atoms with E-state index in [0.717, 1.165) is 17.1 Å². The fraction of sp³-hybridized carbons (Fsp3) is 0.0870. The molecular formula is C23H19FN4O2. The summed E-state index contributed by atoms with van der Waals surface area (Å²) in [4.78, 5) is 12.3. The monoisotopic (exact) mass is 402 g/mol. The molecule has 0 radical (unpaired) electrons. The van der Waals surface area contributed by atoms with Crippen molar-refractivity contribution in [3.05, 3.63) is 84.6 Å². The van der Waals surface area contributed by atoms with E-state index in [-0.39, 0.29) is 0 Å². The first-order chi connectivity index (χ1) is 14.6. The summed E-state index contributed by atoms with van der Waals surface area (Å²) in [5, 5.41) is 3.23. The molecule has 30 heavy (non-hydrogen) atoms. The van der Waals surface area contributed by atoms with Gasteiger partial charge in [0, 0.05) is 35.8 Å². The minimum absolute atomic E-state index is 0.306. The Kier molecular flexibility index (Phi) is 5.52. The molecule has 0 amide bonds. The van der Waals surface area contributed by atoms with E-state index >= 15 is 0 Å². The van der Waals surface area contributed by atoms with Crippen LogP contribution in [0, 0.1) is 12.9 Å². The standard InChI is InChI=1S/C23H19FN4O2/c1-15-3-9-21(26-14-15)27-17-4-6-18(7-5-17)30-23-19(8-10-22(28-23)29-2)16-11-12-25-20(24)13-16/h3-14H,1-2H3,(H,26,27). The number of ether oxygens (including phenoxy) is 2. The van der Waals surface area contributed by atoms with Crippen molar-refractivity contribution in [1.29, 1.82) is 0 Å². The van der Waals surface area contributed by atoms with Gasteiger partial charge in [-0.25, -0.2) is 9.97 Å². The van der Waals surface area contributed by atoms with Gasteiger partial charge in [0.25, 0.3) is 0 Å². The second-order valence-electron chi connectivity index (χ2n) is 6.55. The molecule has 0 unspecified atom stereocenters. The Labute approximate surface area is 173 Å². The predicted octanol–water partition coefficient (Wildman–Crippen LogP) is 5.53. The van der Waals surface area contributed by atoms with E-state index in [4.69, 9.17) is 9.47 Å². The van der Waals surface area contributed by atoms with Gasteiger partial charge >= 0.3 is 0 Å². The lowest BCUT2D eigenvalue weighted by atomic mass is 10.1. The van der Waals surface area contributed by atoms with Crippen molar-refractivity contribution in [2.75, 3.05) is 12.4 Å². The first kappa shape index (κ1) is 19.3. The molecule has 0 atom stereocenters. The Morgan fingerprint density at radius 3 is 2.47 bits per heavy atom. The van der Waals surface area contributed by atoms with Crippen LogP contribution in [0.1, 0.15) is 5.56 Å². The maximum atomic E-state index is 13.6. The predicted molar refractivity (Wildman–Crippen MR) is 113 cm³/mol. The van der Waals surface area contributed by atoms with E-state index in [1.165, 1.54) is 19.4 Å². The Bertz CT molecular complexity index is 1150. The molecule has 0 fully saturated rings. The van der Waals surface area contributed by atoms with Gasteiger partial charge in [-0.05, 0) is 60.5 Å². The van der Waals surface area contributed by atoms with Crippen LogP contribution < -0.4 is 14.8 Å². The summed E-state index contributed by atoms with van der Waals surface area (Å²) in [6.45, 7) is 1.99. The largest absolute Gasteiger partial charge is 0.481 e. The summed E-state index contributed by atoms with van der Waals surface area (Å²) in [6.07, 6.45) is 3.20. The van der Waals surface area contributed by atoms with Crippen molar-refractivity contribution < 1.29 is 13.9 Å². The molecule has 150 valence electrons. The molecule has 3 heterocycles. The topological polar surface area (TPSA) is 69.2 Å². The summed E-state index contributed by atoms with van der Waals surface area (Å²) in [7, 11) is 1.53. The fourth-order valence-electron chi connectivity index (χ4n) is 2.81. The van der Waals surface area contributed by atoms with Crippen LogP contribution in [0.3, 0.4) is 0 Å². The maximum Gasteiger partial charge on any atom is 0.230 e. The number of nitrogens with one attached hydrogen (secondary N) is 1.